The number of sulfonamides is 1. The molecule has 0 aromatic heterocycles. The lowest BCUT2D eigenvalue weighted by molar-refractivity contribution is -0.114. The van der Waals surface area contributed by atoms with Crippen LogP contribution in [0, 0.1) is 19.7 Å². The molecule has 1 amide bonds. The van der Waals surface area contributed by atoms with Crippen molar-refractivity contribution in [1.29, 1.82) is 0 Å². The van der Waals surface area contributed by atoms with Crippen LogP contribution in [0.1, 0.15) is 11.1 Å². The van der Waals surface area contributed by atoms with E-state index in [-0.39, 0.29) is 6.54 Å². The van der Waals surface area contributed by atoms with Crippen molar-refractivity contribution < 1.29 is 17.6 Å². The largest absolute Gasteiger partial charge is 0.325 e. The number of benzene rings is 2. The highest BCUT2D eigenvalue weighted by Gasteiger charge is 2.22. The third-order valence-electron chi connectivity index (χ3n) is 3.45. The molecule has 2 aromatic carbocycles. The maximum absolute atomic E-state index is 12.9. The molecule has 0 atom stereocenters. The molecule has 0 bridgehead atoms. The van der Waals surface area contributed by atoms with Crippen LogP contribution in [0.15, 0.2) is 42.5 Å². The summed E-state index contributed by atoms with van der Waals surface area (Å²) in [6, 6.07) is 10.7. The molecule has 2 aromatic rings. The van der Waals surface area contributed by atoms with Gasteiger partial charge in [0.05, 0.1) is 11.9 Å². The zero-order valence-corrected chi connectivity index (χ0v) is 14.5. The van der Waals surface area contributed by atoms with E-state index in [9.17, 15) is 17.6 Å². The quantitative estimate of drug-likeness (QED) is 0.902. The molecule has 7 heteroatoms. The molecular formula is C17H19FN2O3S. The van der Waals surface area contributed by atoms with Gasteiger partial charge in [0.1, 0.15) is 12.4 Å². The van der Waals surface area contributed by atoms with Crippen molar-refractivity contribution in [3.8, 4) is 0 Å². The average Bonchev–Trinajstić information content (AvgIpc) is 2.49. The Labute approximate surface area is 141 Å². The van der Waals surface area contributed by atoms with Gasteiger partial charge in [-0.2, -0.15) is 0 Å². The molecule has 0 unspecified atom stereocenters. The molecule has 0 saturated carbocycles. The van der Waals surface area contributed by atoms with E-state index in [2.05, 4.69) is 5.32 Å². The van der Waals surface area contributed by atoms with Crippen molar-refractivity contribution in [3.05, 3.63) is 59.4 Å². The van der Waals surface area contributed by atoms with Gasteiger partial charge in [0.2, 0.25) is 15.9 Å². The SMILES string of the molecule is Cc1ccc(C)c(N(CC(=O)Nc2ccc(F)cc2)S(C)(=O)=O)c1. The fraction of sp³-hybridized carbons (Fsp3) is 0.235. The lowest BCUT2D eigenvalue weighted by Crippen LogP contribution is -2.37. The van der Waals surface area contributed by atoms with Crippen LogP contribution in [0.2, 0.25) is 0 Å². The number of anilines is 2. The van der Waals surface area contributed by atoms with Crippen molar-refractivity contribution >= 4 is 27.3 Å². The van der Waals surface area contributed by atoms with Crippen LogP contribution in [-0.2, 0) is 14.8 Å². The maximum atomic E-state index is 12.9. The van der Waals surface area contributed by atoms with Crippen molar-refractivity contribution in [2.75, 3.05) is 22.4 Å². The summed E-state index contributed by atoms with van der Waals surface area (Å²) in [5, 5.41) is 2.56. The summed E-state index contributed by atoms with van der Waals surface area (Å²) in [5.41, 5.74) is 2.51. The van der Waals surface area contributed by atoms with E-state index in [4.69, 9.17) is 0 Å². The molecule has 0 heterocycles. The van der Waals surface area contributed by atoms with Gasteiger partial charge in [0, 0.05) is 5.69 Å². The summed E-state index contributed by atoms with van der Waals surface area (Å²) in [7, 11) is -3.64. The lowest BCUT2D eigenvalue weighted by atomic mass is 10.1. The van der Waals surface area contributed by atoms with E-state index < -0.39 is 21.7 Å². The topological polar surface area (TPSA) is 66.5 Å². The highest BCUT2D eigenvalue weighted by Crippen LogP contribution is 2.24. The van der Waals surface area contributed by atoms with Gasteiger partial charge in [-0.15, -0.1) is 0 Å². The third-order valence-corrected chi connectivity index (χ3v) is 4.58. The zero-order chi connectivity index (χ0) is 17.9. The van der Waals surface area contributed by atoms with E-state index in [0.717, 1.165) is 21.7 Å². The second-order valence-corrected chi connectivity index (χ2v) is 7.52. The summed E-state index contributed by atoms with van der Waals surface area (Å²) < 4.78 is 38.2. The second kappa shape index (κ2) is 7.00. The van der Waals surface area contributed by atoms with Crippen LogP contribution in [-0.4, -0.2) is 27.1 Å². The molecule has 2 rings (SSSR count). The second-order valence-electron chi connectivity index (χ2n) is 5.61. The number of rotatable bonds is 5. The molecule has 0 radical (unpaired) electrons. The summed E-state index contributed by atoms with van der Waals surface area (Å²) >= 11 is 0. The number of nitrogens with one attached hydrogen (secondary N) is 1. The van der Waals surface area contributed by atoms with E-state index in [1.807, 2.05) is 13.0 Å². The van der Waals surface area contributed by atoms with Gasteiger partial charge in [-0.1, -0.05) is 12.1 Å². The highest BCUT2D eigenvalue weighted by atomic mass is 32.2. The molecule has 128 valence electrons. The molecule has 0 saturated heterocycles. The number of carbonyl (C=O) groups excluding carboxylic acids is 1. The van der Waals surface area contributed by atoms with Gasteiger partial charge in [0.25, 0.3) is 0 Å². The number of amides is 1. The number of aryl methyl sites for hydroxylation is 2. The van der Waals surface area contributed by atoms with Crippen molar-refractivity contribution in [1.82, 2.24) is 0 Å². The average molecular weight is 350 g/mol. The Hall–Kier alpha value is -2.41. The van der Waals surface area contributed by atoms with Crippen molar-refractivity contribution in [3.63, 3.8) is 0 Å². The first-order valence-corrected chi connectivity index (χ1v) is 9.12. The Morgan fingerprint density at radius 1 is 1.12 bits per heavy atom. The van der Waals surface area contributed by atoms with Crippen LogP contribution in [0.5, 0.6) is 0 Å². The molecule has 1 N–H and O–H groups in total. The van der Waals surface area contributed by atoms with Crippen molar-refractivity contribution in [2.24, 2.45) is 0 Å². The van der Waals surface area contributed by atoms with Gasteiger partial charge in [-0.05, 0) is 55.3 Å². The summed E-state index contributed by atoms with van der Waals surface area (Å²) in [4.78, 5) is 12.2. The first kappa shape index (κ1) is 17.9. The van der Waals surface area contributed by atoms with E-state index >= 15 is 0 Å². The fourth-order valence-electron chi connectivity index (χ4n) is 2.23. The van der Waals surface area contributed by atoms with Gasteiger partial charge in [-0.3, -0.25) is 9.10 Å². The van der Waals surface area contributed by atoms with Gasteiger partial charge < -0.3 is 5.32 Å². The Morgan fingerprint density at radius 3 is 2.33 bits per heavy atom. The summed E-state index contributed by atoms with van der Waals surface area (Å²) in [6.45, 7) is 3.27. The number of hydrogen-bond acceptors (Lipinski definition) is 3. The standard InChI is InChI=1S/C17H19FN2O3S/c1-12-4-5-13(2)16(10-12)20(24(3,22)23)11-17(21)19-15-8-6-14(18)7-9-15/h4-10H,11H2,1-3H3,(H,19,21). The number of hydrogen-bond donors (Lipinski definition) is 1. The number of nitrogens with zero attached hydrogens (tertiary/aromatic N) is 1. The monoisotopic (exact) mass is 350 g/mol. The third kappa shape index (κ3) is 4.55. The number of carbonyl (C=O) groups is 1. The molecule has 0 aliphatic rings. The summed E-state index contributed by atoms with van der Waals surface area (Å²) in [5.74, 6) is -0.922. The lowest BCUT2D eigenvalue weighted by Gasteiger charge is -2.24. The molecule has 0 aliphatic heterocycles. The molecular weight excluding hydrogens is 331 g/mol. The minimum atomic E-state index is -3.64. The smallest absolute Gasteiger partial charge is 0.245 e. The predicted molar refractivity (Wildman–Crippen MR) is 93.1 cm³/mol. The Morgan fingerprint density at radius 2 is 1.75 bits per heavy atom. The first-order chi connectivity index (χ1) is 11.2. The minimum Gasteiger partial charge on any atom is -0.325 e. The Kier molecular flexibility index (Phi) is 5.23. The van der Waals surface area contributed by atoms with E-state index in [1.54, 1.807) is 19.1 Å². The summed E-state index contributed by atoms with van der Waals surface area (Å²) in [6.07, 6.45) is 1.06. The van der Waals surface area contributed by atoms with Gasteiger partial charge in [0.15, 0.2) is 0 Å². The van der Waals surface area contributed by atoms with Crippen molar-refractivity contribution in [2.45, 2.75) is 13.8 Å². The molecule has 0 spiro atoms. The fourth-order valence-corrected chi connectivity index (χ4v) is 3.14. The zero-order valence-electron chi connectivity index (χ0n) is 13.7. The number of halogens is 1. The predicted octanol–water partition coefficient (Wildman–Crippen LogP) is 2.85. The van der Waals surface area contributed by atoms with Gasteiger partial charge >= 0.3 is 0 Å². The normalized spacial score (nSPS) is 11.2. The van der Waals surface area contributed by atoms with E-state index in [1.165, 1.54) is 24.3 Å². The Bertz CT molecular complexity index is 849. The molecule has 5 nitrogen and oxygen atoms in total. The first-order valence-electron chi connectivity index (χ1n) is 7.27. The van der Waals surface area contributed by atoms with E-state index in [0.29, 0.717) is 11.4 Å². The van der Waals surface area contributed by atoms with Crippen LogP contribution < -0.4 is 9.62 Å². The molecule has 24 heavy (non-hydrogen) atoms. The van der Waals surface area contributed by atoms with Crippen LogP contribution in [0.4, 0.5) is 15.8 Å². The maximum Gasteiger partial charge on any atom is 0.245 e. The molecule has 0 fully saturated rings. The molecule has 0 aliphatic carbocycles. The van der Waals surface area contributed by atoms with Crippen LogP contribution in [0.25, 0.3) is 0 Å². The highest BCUT2D eigenvalue weighted by molar-refractivity contribution is 7.92. The van der Waals surface area contributed by atoms with Crippen LogP contribution in [0.3, 0.4) is 0 Å². The van der Waals surface area contributed by atoms with Gasteiger partial charge in [-0.25, -0.2) is 12.8 Å². The minimum absolute atomic E-state index is 0.361. The van der Waals surface area contributed by atoms with Crippen LogP contribution >= 0.6 is 0 Å². The Balaban J connectivity index is 2.25.